The molecule has 98 valence electrons. The van der Waals surface area contributed by atoms with Crippen molar-refractivity contribution >= 4 is 29.5 Å². The number of benzene rings is 1. The third-order valence-corrected chi connectivity index (χ3v) is 2.52. The van der Waals surface area contributed by atoms with E-state index in [1.165, 1.54) is 12.3 Å². The van der Waals surface area contributed by atoms with Crippen molar-refractivity contribution in [1.82, 2.24) is 9.97 Å². The van der Waals surface area contributed by atoms with Crippen LogP contribution in [0.2, 0.25) is 0 Å². The Hall–Kier alpha value is -1.99. The normalized spacial score (nSPS) is 10.5. The van der Waals surface area contributed by atoms with Crippen molar-refractivity contribution in [1.29, 1.82) is 0 Å². The van der Waals surface area contributed by atoms with Gasteiger partial charge in [0.1, 0.15) is 0 Å². The number of ether oxygens (including phenoxy) is 1. The molecule has 0 aliphatic heterocycles. The topological polar surface area (TPSA) is 92.5 Å². The van der Waals surface area contributed by atoms with Gasteiger partial charge in [0, 0.05) is 11.6 Å². The third kappa shape index (κ3) is 3.07. The maximum atomic E-state index is 11.6. The molecule has 1 aromatic carbocycles. The minimum atomic E-state index is -1.54. The molecule has 0 aliphatic rings. The molecule has 2 aromatic rings. The lowest BCUT2D eigenvalue weighted by atomic mass is 9.80. The smallest absolute Gasteiger partial charge is 0.460 e. The summed E-state index contributed by atoms with van der Waals surface area (Å²) in [5.74, 6) is -0.562. The highest BCUT2D eigenvalue weighted by Gasteiger charge is 2.14. The van der Waals surface area contributed by atoms with E-state index in [1.807, 2.05) is 6.92 Å². The third-order valence-electron chi connectivity index (χ3n) is 2.52. The largest absolute Gasteiger partial charge is 0.488 e. The first-order chi connectivity index (χ1) is 9.11. The summed E-state index contributed by atoms with van der Waals surface area (Å²) in [6, 6.07) is 4.69. The number of carbonyl (C=O) groups is 1. The van der Waals surface area contributed by atoms with Gasteiger partial charge in [0.15, 0.2) is 0 Å². The number of hydrogen-bond donors (Lipinski definition) is 2. The first-order valence-corrected chi connectivity index (χ1v) is 5.91. The van der Waals surface area contributed by atoms with Crippen molar-refractivity contribution in [2.24, 2.45) is 0 Å². The average molecular weight is 260 g/mol. The minimum absolute atomic E-state index is 0.00162. The number of hydrogen-bond acceptors (Lipinski definition) is 6. The zero-order chi connectivity index (χ0) is 13.8. The van der Waals surface area contributed by atoms with Gasteiger partial charge in [-0.3, -0.25) is 0 Å². The van der Waals surface area contributed by atoms with E-state index in [4.69, 9.17) is 14.8 Å². The molecule has 0 saturated heterocycles. The van der Waals surface area contributed by atoms with E-state index in [0.29, 0.717) is 23.0 Å². The zero-order valence-corrected chi connectivity index (χ0v) is 10.4. The molecule has 1 aromatic heterocycles. The van der Waals surface area contributed by atoms with Crippen LogP contribution in [0.25, 0.3) is 10.9 Å². The molecule has 0 spiro atoms. The molecule has 0 amide bonds. The van der Waals surface area contributed by atoms with Gasteiger partial charge in [-0.15, -0.1) is 0 Å². The average Bonchev–Trinajstić information content (AvgIpc) is 2.43. The number of nitrogens with zero attached hydrogens (tertiary/aromatic N) is 2. The highest BCUT2D eigenvalue weighted by atomic mass is 16.5. The van der Waals surface area contributed by atoms with Gasteiger partial charge in [0.25, 0.3) is 0 Å². The standard InChI is InChI=1S/C12H13BN2O4/c1-2-5-19-12(16)11-14-7-8-6-9(13(17)18)3-4-10(8)15-11/h3-4,6-7,17-18H,2,5H2,1H3. The molecule has 2 rings (SSSR count). The Bertz CT molecular complexity index is 603. The summed E-state index contributed by atoms with van der Waals surface area (Å²) in [5, 5.41) is 18.8. The van der Waals surface area contributed by atoms with E-state index in [2.05, 4.69) is 9.97 Å². The second-order valence-electron chi connectivity index (χ2n) is 4.02. The lowest BCUT2D eigenvalue weighted by Crippen LogP contribution is -2.29. The molecule has 6 nitrogen and oxygen atoms in total. The second-order valence-corrected chi connectivity index (χ2v) is 4.02. The van der Waals surface area contributed by atoms with E-state index in [1.54, 1.807) is 12.1 Å². The van der Waals surface area contributed by atoms with E-state index >= 15 is 0 Å². The number of fused-ring (bicyclic) bond motifs is 1. The summed E-state index contributed by atoms with van der Waals surface area (Å²) in [5.41, 5.74) is 0.889. The lowest BCUT2D eigenvalue weighted by Gasteiger charge is -2.04. The molecule has 1 heterocycles. The lowest BCUT2D eigenvalue weighted by molar-refractivity contribution is 0.0491. The van der Waals surface area contributed by atoms with Crippen LogP contribution in [0.15, 0.2) is 24.4 Å². The first kappa shape index (κ1) is 13.4. The molecule has 0 unspecified atom stereocenters. The SMILES string of the molecule is CCCOC(=O)c1ncc2cc(B(O)O)ccc2n1. The summed E-state index contributed by atoms with van der Waals surface area (Å²) in [6.07, 6.45) is 2.19. The number of rotatable bonds is 4. The summed E-state index contributed by atoms with van der Waals surface area (Å²) in [6.45, 7) is 2.23. The molecule has 0 atom stereocenters. The highest BCUT2D eigenvalue weighted by molar-refractivity contribution is 6.58. The van der Waals surface area contributed by atoms with E-state index in [-0.39, 0.29) is 5.82 Å². The van der Waals surface area contributed by atoms with Crippen molar-refractivity contribution in [3.63, 3.8) is 0 Å². The van der Waals surface area contributed by atoms with Crippen molar-refractivity contribution in [3.05, 3.63) is 30.2 Å². The maximum Gasteiger partial charge on any atom is 0.488 e. The van der Waals surface area contributed by atoms with Crippen LogP contribution >= 0.6 is 0 Å². The zero-order valence-electron chi connectivity index (χ0n) is 10.4. The summed E-state index contributed by atoms with van der Waals surface area (Å²) < 4.78 is 4.94. The Balaban J connectivity index is 2.31. The summed E-state index contributed by atoms with van der Waals surface area (Å²) in [4.78, 5) is 19.6. The van der Waals surface area contributed by atoms with Gasteiger partial charge >= 0.3 is 13.1 Å². The summed E-state index contributed by atoms with van der Waals surface area (Å²) >= 11 is 0. The molecule has 0 aliphatic carbocycles. The van der Waals surface area contributed by atoms with Crippen LogP contribution in [0.1, 0.15) is 24.0 Å². The van der Waals surface area contributed by atoms with Crippen LogP contribution in [0.5, 0.6) is 0 Å². The number of aromatic nitrogens is 2. The Morgan fingerprint density at radius 1 is 1.42 bits per heavy atom. The van der Waals surface area contributed by atoms with Crippen LogP contribution in [0.3, 0.4) is 0 Å². The molecular formula is C12H13BN2O4. The minimum Gasteiger partial charge on any atom is -0.460 e. The number of esters is 1. The predicted molar refractivity (Wildman–Crippen MR) is 69.9 cm³/mol. The van der Waals surface area contributed by atoms with Crippen molar-refractivity contribution < 1.29 is 19.6 Å². The van der Waals surface area contributed by atoms with Crippen LogP contribution in [0, 0.1) is 0 Å². The fourth-order valence-electron chi connectivity index (χ4n) is 1.57. The van der Waals surface area contributed by atoms with Crippen LogP contribution in [0.4, 0.5) is 0 Å². The van der Waals surface area contributed by atoms with Gasteiger partial charge in [-0.25, -0.2) is 14.8 Å². The Morgan fingerprint density at radius 2 is 2.21 bits per heavy atom. The van der Waals surface area contributed by atoms with Crippen LogP contribution in [-0.2, 0) is 4.74 Å². The van der Waals surface area contributed by atoms with E-state index < -0.39 is 13.1 Å². The summed E-state index contributed by atoms with van der Waals surface area (Å²) in [7, 11) is -1.54. The monoisotopic (exact) mass is 260 g/mol. The predicted octanol–water partition coefficient (Wildman–Crippen LogP) is -0.124. The Kier molecular flexibility index (Phi) is 4.08. The Labute approximate surface area is 110 Å². The molecular weight excluding hydrogens is 247 g/mol. The molecule has 0 fully saturated rings. The van der Waals surface area contributed by atoms with Crippen LogP contribution < -0.4 is 5.46 Å². The van der Waals surface area contributed by atoms with Gasteiger partial charge < -0.3 is 14.8 Å². The fraction of sp³-hybridized carbons (Fsp3) is 0.250. The quantitative estimate of drug-likeness (QED) is 0.588. The van der Waals surface area contributed by atoms with Crippen molar-refractivity contribution in [3.8, 4) is 0 Å². The van der Waals surface area contributed by atoms with Crippen LogP contribution in [-0.4, -0.2) is 39.7 Å². The van der Waals surface area contributed by atoms with Crippen molar-refractivity contribution in [2.45, 2.75) is 13.3 Å². The number of carbonyl (C=O) groups excluding carboxylic acids is 1. The van der Waals surface area contributed by atoms with Gasteiger partial charge in [-0.2, -0.15) is 0 Å². The molecule has 0 saturated carbocycles. The van der Waals surface area contributed by atoms with Gasteiger partial charge in [-0.1, -0.05) is 19.1 Å². The molecule has 2 N–H and O–H groups in total. The van der Waals surface area contributed by atoms with E-state index in [9.17, 15) is 4.79 Å². The van der Waals surface area contributed by atoms with Crippen molar-refractivity contribution in [2.75, 3.05) is 6.61 Å². The van der Waals surface area contributed by atoms with Gasteiger partial charge in [-0.05, 0) is 17.9 Å². The molecule has 19 heavy (non-hydrogen) atoms. The van der Waals surface area contributed by atoms with E-state index in [0.717, 1.165) is 6.42 Å². The molecule has 7 heteroatoms. The molecule has 0 bridgehead atoms. The fourth-order valence-corrected chi connectivity index (χ4v) is 1.57. The second kappa shape index (κ2) is 5.77. The Morgan fingerprint density at radius 3 is 2.89 bits per heavy atom. The first-order valence-electron chi connectivity index (χ1n) is 5.91. The highest BCUT2D eigenvalue weighted by Crippen LogP contribution is 2.09. The maximum absolute atomic E-state index is 11.6. The van der Waals surface area contributed by atoms with Gasteiger partial charge in [0.05, 0.1) is 12.1 Å². The van der Waals surface area contributed by atoms with Gasteiger partial charge in [0.2, 0.25) is 5.82 Å². The molecule has 0 radical (unpaired) electrons.